The van der Waals surface area contributed by atoms with Gasteiger partial charge >= 0.3 is 0 Å². The fourth-order valence-corrected chi connectivity index (χ4v) is 2.82. The highest BCUT2D eigenvalue weighted by Gasteiger charge is 2.19. The maximum absolute atomic E-state index is 12.6. The SMILES string of the molecule is COc1cc2cc(Nc3cc(C)[nH]n3)nc(OC(C)C)c2cc1C(=O)N(C)C. The monoisotopic (exact) mass is 383 g/mol. The molecule has 0 aliphatic rings. The molecule has 1 amide bonds. The van der Waals surface area contributed by atoms with Crippen LogP contribution in [0, 0.1) is 6.92 Å². The van der Waals surface area contributed by atoms with Gasteiger partial charge in [-0.1, -0.05) is 0 Å². The molecule has 0 radical (unpaired) electrons. The van der Waals surface area contributed by atoms with E-state index in [2.05, 4.69) is 20.5 Å². The van der Waals surface area contributed by atoms with Gasteiger partial charge in [0.15, 0.2) is 5.82 Å². The van der Waals surface area contributed by atoms with E-state index >= 15 is 0 Å². The van der Waals surface area contributed by atoms with E-state index < -0.39 is 0 Å². The number of aromatic nitrogens is 3. The Morgan fingerprint density at radius 2 is 1.93 bits per heavy atom. The average Bonchev–Trinajstić information content (AvgIpc) is 3.04. The first-order chi connectivity index (χ1) is 13.3. The number of aryl methyl sites for hydroxylation is 1. The van der Waals surface area contributed by atoms with Crippen molar-refractivity contribution in [1.29, 1.82) is 0 Å². The fraction of sp³-hybridized carbons (Fsp3) is 0.350. The minimum absolute atomic E-state index is 0.0753. The van der Waals surface area contributed by atoms with Crippen LogP contribution in [0.5, 0.6) is 11.6 Å². The summed E-state index contributed by atoms with van der Waals surface area (Å²) in [4.78, 5) is 18.7. The number of pyridine rings is 1. The number of H-pyrrole nitrogens is 1. The summed E-state index contributed by atoms with van der Waals surface area (Å²) in [7, 11) is 4.95. The van der Waals surface area contributed by atoms with Crippen molar-refractivity contribution in [2.75, 3.05) is 26.5 Å². The number of hydrogen-bond donors (Lipinski definition) is 2. The lowest BCUT2D eigenvalue weighted by Crippen LogP contribution is -2.22. The predicted octanol–water partition coefficient (Wildman–Crippen LogP) is 3.51. The first-order valence-electron chi connectivity index (χ1n) is 8.98. The normalized spacial score (nSPS) is 11.0. The Labute approximate surface area is 163 Å². The lowest BCUT2D eigenvalue weighted by Gasteiger charge is -2.17. The quantitative estimate of drug-likeness (QED) is 0.677. The molecule has 0 bridgehead atoms. The standard InChI is InChI=1S/C20H25N5O3/c1-11(2)28-19-14-10-15(20(26)25(4)5)16(27-6)8-13(14)9-17(22-19)21-18-7-12(3)23-24-18/h7-11H,1-6H3,(H2,21,22,23,24). The van der Waals surface area contributed by atoms with E-state index in [1.54, 1.807) is 27.3 Å². The van der Waals surface area contributed by atoms with Crippen LogP contribution in [-0.2, 0) is 0 Å². The average molecular weight is 383 g/mol. The van der Waals surface area contributed by atoms with Crippen LogP contribution < -0.4 is 14.8 Å². The van der Waals surface area contributed by atoms with Gasteiger partial charge in [-0.25, -0.2) is 0 Å². The number of amides is 1. The molecular weight excluding hydrogens is 358 g/mol. The number of anilines is 2. The summed E-state index contributed by atoms with van der Waals surface area (Å²) >= 11 is 0. The maximum atomic E-state index is 12.6. The molecule has 0 saturated carbocycles. The molecule has 2 N–H and O–H groups in total. The number of hydrogen-bond acceptors (Lipinski definition) is 6. The van der Waals surface area contributed by atoms with E-state index in [-0.39, 0.29) is 12.0 Å². The number of fused-ring (bicyclic) bond motifs is 1. The van der Waals surface area contributed by atoms with Gasteiger partial charge in [-0.2, -0.15) is 10.1 Å². The highest BCUT2D eigenvalue weighted by atomic mass is 16.5. The van der Waals surface area contributed by atoms with Crippen LogP contribution in [0.25, 0.3) is 10.8 Å². The van der Waals surface area contributed by atoms with Gasteiger partial charge in [-0.3, -0.25) is 9.89 Å². The molecule has 148 valence electrons. The van der Waals surface area contributed by atoms with Crippen LogP contribution in [0.15, 0.2) is 24.3 Å². The zero-order chi connectivity index (χ0) is 20.4. The molecule has 0 aliphatic carbocycles. The second kappa shape index (κ2) is 7.75. The maximum Gasteiger partial charge on any atom is 0.257 e. The Kier molecular flexibility index (Phi) is 5.39. The minimum atomic E-state index is -0.150. The predicted molar refractivity (Wildman–Crippen MR) is 109 cm³/mol. The summed E-state index contributed by atoms with van der Waals surface area (Å²) in [5.74, 6) is 2.03. The highest BCUT2D eigenvalue weighted by Crippen LogP contribution is 2.34. The summed E-state index contributed by atoms with van der Waals surface area (Å²) in [5.41, 5.74) is 1.40. The Morgan fingerprint density at radius 3 is 2.50 bits per heavy atom. The molecule has 0 unspecified atom stereocenters. The molecule has 0 fully saturated rings. The zero-order valence-corrected chi connectivity index (χ0v) is 17.0. The van der Waals surface area contributed by atoms with Gasteiger partial charge < -0.3 is 19.7 Å². The van der Waals surface area contributed by atoms with Crippen molar-refractivity contribution in [3.05, 3.63) is 35.5 Å². The second-order valence-corrected chi connectivity index (χ2v) is 7.01. The summed E-state index contributed by atoms with van der Waals surface area (Å²) < 4.78 is 11.4. The molecule has 0 atom stereocenters. The number of nitrogens with one attached hydrogen (secondary N) is 2. The van der Waals surface area contributed by atoms with Gasteiger partial charge in [-0.15, -0.1) is 0 Å². The fourth-order valence-electron chi connectivity index (χ4n) is 2.82. The van der Waals surface area contributed by atoms with Gasteiger partial charge in [0.2, 0.25) is 5.88 Å². The van der Waals surface area contributed by atoms with Crippen molar-refractivity contribution in [3.8, 4) is 11.6 Å². The molecule has 1 aromatic carbocycles. The van der Waals surface area contributed by atoms with Gasteiger partial charge in [-0.05, 0) is 44.4 Å². The molecule has 0 saturated heterocycles. The van der Waals surface area contributed by atoms with Crippen molar-refractivity contribution < 1.29 is 14.3 Å². The Balaban J connectivity index is 2.16. The molecule has 3 aromatic rings. The number of benzene rings is 1. The number of ether oxygens (including phenoxy) is 2. The molecule has 8 nitrogen and oxygen atoms in total. The third-order valence-electron chi connectivity index (χ3n) is 4.06. The number of rotatable bonds is 6. The molecule has 3 rings (SSSR count). The third-order valence-corrected chi connectivity index (χ3v) is 4.06. The first-order valence-corrected chi connectivity index (χ1v) is 8.98. The van der Waals surface area contributed by atoms with Crippen LogP contribution in [0.2, 0.25) is 0 Å². The summed E-state index contributed by atoms with van der Waals surface area (Å²) in [6.07, 6.45) is -0.0753. The van der Waals surface area contributed by atoms with Gasteiger partial charge in [0.25, 0.3) is 5.91 Å². The Morgan fingerprint density at radius 1 is 1.18 bits per heavy atom. The second-order valence-electron chi connectivity index (χ2n) is 7.01. The van der Waals surface area contributed by atoms with Crippen LogP contribution in [-0.4, -0.2) is 53.3 Å². The molecule has 2 aromatic heterocycles. The van der Waals surface area contributed by atoms with Crippen LogP contribution in [0.4, 0.5) is 11.6 Å². The van der Waals surface area contributed by atoms with E-state index in [0.717, 1.165) is 16.5 Å². The van der Waals surface area contributed by atoms with E-state index in [0.29, 0.717) is 28.8 Å². The third kappa shape index (κ3) is 4.00. The lowest BCUT2D eigenvalue weighted by molar-refractivity contribution is 0.0824. The molecule has 8 heteroatoms. The number of methoxy groups -OCH3 is 1. The van der Waals surface area contributed by atoms with Crippen LogP contribution >= 0.6 is 0 Å². The van der Waals surface area contributed by atoms with Crippen molar-refractivity contribution in [1.82, 2.24) is 20.1 Å². The zero-order valence-electron chi connectivity index (χ0n) is 17.0. The Hall–Kier alpha value is -3.29. The van der Waals surface area contributed by atoms with E-state index in [9.17, 15) is 4.79 Å². The van der Waals surface area contributed by atoms with Gasteiger partial charge in [0.05, 0.1) is 18.8 Å². The van der Waals surface area contributed by atoms with Crippen molar-refractivity contribution in [2.45, 2.75) is 26.9 Å². The number of carbonyl (C=O) groups is 1. The summed E-state index contributed by atoms with van der Waals surface area (Å²) in [6, 6.07) is 7.35. The molecule has 0 aliphatic heterocycles. The van der Waals surface area contributed by atoms with E-state index in [1.165, 1.54) is 4.90 Å². The Bertz CT molecular complexity index is 1010. The lowest BCUT2D eigenvalue weighted by atomic mass is 10.1. The van der Waals surface area contributed by atoms with Crippen molar-refractivity contribution in [3.63, 3.8) is 0 Å². The molecular formula is C20H25N5O3. The highest BCUT2D eigenvalue weighted by molar-refractivity contribution is 6.03. The topological polar surface area (TPSA) is 92.4 Å². The van der Waals surface area contributed by atoms with Crippen molar-refractivity contribution in [2.24, 2.45) is 0 Å². The van der Waals surface area contributed by atoms with Crippen molar-refractivity contribution >= 4 is 28.3 Å². The smallest absolute Gasteiger partial charge is 0.257 e. The van der Waals surface area contributed by atoms with E-state index in [1.807, 2.05) is 39.0 Å². The molecule has 0 spiro atoms. The van der Waals surface area contributed by atoms with Crippen LogP contribution in [0.1, 0.15) is 29.9 Å². The number of nitrogens with zero attached hydrogens (tertiary/aromatic N) is 3. The molecule has 28 heavy (non-hydrogen) atoms. The summed E-state index contributed by atoms with van der Waals surface area (Å²) in [5, 5.41) is 11.8. The van der Waals surface area contributed by atoms with Gasteiger partial charge in [0.1, 0.15) is 11.6 Å². The first kappa shape index (κ1) is 19.5. The largest absolute Gasteiger partial charge is 0.496 e. The summed E-state index contributed by atoms with van der Waals surface area (Å²) in [6.45, 7) is 5.79. The van der Waals surface area contributed by atoms with Crippen LogP contribution in [0.3, 0.4) is 0 Å². The van der Waals surface area contributed by atoms with Gasteiger partial charge in [0, 0.05) is 31.2 Å². The molecule has 2 heterocycles. The number of aromatic amines is 1. The minimum Gasteiger partial charge on any atom is -0.496 e. The number of carbonyl (C=O) groups excluding carboxylic acids is 1. The van der Waals surface area contributed by atoms with E-state index in [4.69, 9.17) is 9.47 Å².